The number of ether oxygens (including phenoxy) is 1. The summed E-state index contributed by atoms with van der Waals surface area (Å²) in [6.07, 6.45) is 5.05. The molecule has 0 saturated carbocycles. The molecular weight excluding hydrogens is 282 g/mol. The van der Waals surface area contributed by atoms with E-state index in [1.54, 1.807) is 40.2 Å². The summed E-state index contributed by atoms with van der Waals surface area (Å²) < 4.78 is 5.19. The number of hydrogen-bond donors (Lipinski definition) is 2. The lowest BCUT2D eigenvalue weighted by atomic mass is 10.1. The summed E-state index contributed by atoms with van der Waals surface area (Å²) in [7, 11) is 1.55. The Balaban J connectivity index is 2.50. The molecule has 22 heavy (non-hydrogen) atoms. The molecule has 6 heteroatoms. The van der Waals surface area contributed by atoms with Gasteiger partial charge in [-0.2, -0.15) is 0 Å². The third-order valence-electron chi connectivity index (χ3n) is 2.93. The maximum Gasteiger partial charge on any atom is 0.408 e. The zero-order chi connectivity index (χ0) is 16.6. The van der Waals surface area contributed by atoms with Gasteiger partial charge >= 0.3 is 6.09 Å². The third-order valence-corrected chi connectivity index (χ3v) is 2.93. The van der Waals surface area contributed by atoms with Gasteiger partial charge in [-0.3, -0.25) is 9.78 Å². The Morgan fingerprint density at radius 3 is 2.64 bits per heavy atom. The van der Waals surface area contributed by atoms with Gasteiger partial charge in [0.1, 0.15) is 11.6 Å². The minimum Gasteiger partial charge on any atom is -0.444 e. The SMILES string of the molecule is CNC(=O)C(CCCc1cccnc1)NC(=O)OC(C)(C)C. The molecule has 2 N–H and O–H groups in total. The van der Waals surface area contributed by atoms with Crippen LogP contribution in [-0.2, 0) is 16.0 Å². The van der Waals surface area contributed by atoms with Gasteiger partial charge in [-0.1, -0.05) is 6.07 Å². The fourth-order valence-electron chi connectivity index (χ4n) is 1.95. The zero-order valence-corrected chi connectivity index (χ0v) is 13.7. The highest BCUT2D eigenvalue weighted by atomic mass is 16.6. The number of likely N-dealkylation sites (N-methyl/N-ethyl adjacent to an activating group) is 1. The largest absolute Gasteiger partial charge is 0.444 e. The van der Waals surface area contributed by atoms with Crippen LogP contribution in [0.5, 0.6) is 0 Å². The molecular formula is C16H25N3O3. The first-order chi connectivity index (χ1) is 10.3. The first-order valence-corrected chi connectivity index (χ1v) is 7.42. The maximum absolute atomic E-state index is 11.9. The third kappa shape index (κ3) is 7.06. The second-order valence-electron chi connectivity index (χ2n) is 6.07. The fourth-order valence-corrected chi connectivity index (χ4v) is 1.95. The van der Waals surface area contributed by atoms with Crippen LogP contribution >= 0.6 is 0 Å². The van der Waals surface area contributed by atoms with Gasteiger partial charge < -0.3 is 15.4 Å². The van der Waals surface area contributed by atoms with Crippen LogP contribution in [0.4, 0.5) is 4.79 Å². The van der Waals surface area contributed by atoms with Crippen LogP contribution in [0.2, 0.25) is 0 Å². The molecule has 0 aliphatic carbocycles. The lowest BCUT2D eigenvalue weighted by Gasteiger charge is -2.23. The average molecular weight is 307 g/mol. The van der Waals surface area contributed by atoms with Crippen LogP contribution in [0, 0.1) is 0 Å². The number of carbonyl (C=O) groups is 2. The monoisotopic (exact) mass is 307 g/mol. The van der Waals surface area contributed by atoms with E-state index < -0.39 is 17.7 Å². The number of hydrogen-bond acceptors (Lipinski definition) is 4. The summed E-state index contributed by atoms with van der Waals surface area (Å²) in [6.45, 7) is 5.34. The standard InChI is InChI=1S/C16H25N3O3/c1-16(2,3)22-15(21)19-13(14(20)17-4)9-5-7-12-8-6-10-18-11-12/h6,8,10-11,13H,5,7,9H2,1-4H3,(H,17,20)(H,19,21). The molecule has 0 saturated heterocycles. The van der Waals surface area contributed by atoms with E-state index >= 15 is 0 Å². The Hall–Kier alpha value is -2.11. The van der Waals surface area contributed by atoms with Gasteiger partial charge in [0.25, 0.3) is 0 Å². The van der Waals surface area contributed by atoms with Gasteiger partial charge in [-0.05, 0) is 51.7 Å². The van der Waals surface area contributed by atoms with Crippen molar-refractivity contribution in [2.24, 2.45) is 0 Å². The second-order valence-corrected chi connectivity index (χ2v) is 6.07. The predicted molar refractivity (Wildman–Crippen MR) is 84.4 cm³/mol. The number of pyridine rings is 1. The number of alkyl carbamates (subject to hydrolysis) is 1. The Morgan fingerprint density at radius 1 is 1.36 bits per heavy atom. The predicted octanol–water partition coefficient (Wildman–Crippen LogP) is 2.04. The van der Waals surface area contributed by atoms with Crippen molar-refractivity contribution in [2.75, 3.05) is 7.05 Å². The Kier molecular flexibility index (Phi) is 6.82. The Morgan fingerprint density at radius 2 is 2.09 bits per heavy atom. The molecule has 1 unspecified atom stereocenters. The topological polar surface area (TPSA) is 80.3 Å². The first-order valence-electron chi connectivity index (χ1n) is 7.42. The van der Waals surface area contributed by atoms with E-state index in [2.05, 4.69) is 15.6 Å². The minimum atomic E-state index is -0.600. The highest BCUT2D eigenvalue weighted by Crippen LogP contribution is 2.09. The summed E-state index contributed by atoms with van der Waals surface area (Å²) in [5.41, 5.74) is 0.517. The summed E-state index contributed by atoms with van der Waals surface area (Å²) in [5, 5.41) is 5.18. The van der Waals surface area contributed by atoms with E-state index in [-0.39, 0.29) is 5.91 Å². The summed E-state index contributed by atoms with van der Waals surface area (Å²) in [6, 6.07) is 3.27. The molecule has 0 spiro atoms. The molecule has 0 aromatic carbocycles. The van der Waals surface area contributed by atoms with E-state index in [0.29, 0.717) is 6.42 Å². The van der Waals surface area contributed by atoms with Crippen molar-refractivity contribution in [2.45, 2.75) is 51.7 Å². The molecule has 1 aromatic rings. The van der Waals surface area contributed by atoms with Gasteiger partial charge in [-0.15, -0.1) is 0 Å². The molecule has 1 heterocycles. The summed E-state index contributed by atoms with van der Waals surface area (Å²) >= 11 is 0. The second kappa shape index (κ2) is 8.36. The highest BCUT2D eigenvalue weighted by Gasteiger charge is 2.23. The van der Waals surface area contributed by atoms with Crippen molar-refractivity contribution in [3.05, 3.63) is 30.1 Å². The maximum atomic E-state index is 11.9. The van der Waals surface area contributed by atoms with E-state index in [4.69, 9.17) is 4.74 Å². The van der Waals surface area contributed by atoms with Gasteiger partial charge in [0, 0.05) is 19.4 Å². The van der Waals surface area contributed by atoms with Crippen molar-refractivity contribution >= 4 is 12.0 Å². The van der Waals surface area contributed by atoms with Crippen molar-refractivity contribution < 1.29 is 14.3 Å². The van der Waals surface area contributed by atoms with E-state index in [0.717, 1.165) is 18.4 Å². The highest BCUT2D eigenvalue weighted by molar-refractivity contribution is 5.85. The van der Waals surface area contributed by atoms with Gasteiger partial charge in [0.2, 0.25) is 5.91 Å². The van der Waals surface area contributed by atoms with Gasteiger partial charge in [0.15, 0.2) is 0 Å². The van der Waals surface area contributed by atoms with E-state index in [9.17, 15) is 9.59 Å². The van der Waals surface area contributed by atoms with Gasteiger partial charge in [-0.25, -0.2) is 4.79 Å². The van der Waals surface area contributed by atoms with E-state index in [1.165, 1.54) is 0 Å². The van der Waals surface area contributed by atoms with Crippen LogP contribution in [-0.4, -0.2) is 35.7 Å². The molecule has 0 fully saturated rings. The van der Waals surface area contributed by atoms with Crippen molar-refractivity contribution in [3.8, 4) is 0 Å². The molecule has 1 atom stereocenters. The molecule has 1 aromatic heterocycles. The smallest absolute Gasteiger partial charge is 0.408 e. The number of nitrogens with one attached hydrogen (secondary N) is 2. The molecule has 0 radical (unpaired) electrons. The molecule has 1 rings (SSSR count). The van der Waals surface area contributed by atoms with Crippen LogP contribution in [0.15, 0.2) is 24.5 Å². The number of aromatic nitrogens is 1. The van der Waals surface area contributed by atoms with Crippen LogP contribution in [0.3, 0.4) is 0 Å². The minimum absolute atomic E-state index is 0.225. The molecule has 0 aliphatic heterocycles. The van der Waals surface area contributed by atoms with Crippen LogP contribution in [0.25, 0.3) is 0 Å². The molecule has 6 nitrogen and oxygen atoms in total. The zero-order valence-electron chi connectivity index (χ0n) is 13.7. The quantitative estimate of drug-likeness (QED) is 0.843. The van der Waals surface area contributed by atoms with Crippen LogP contribution in [0.1, 0.15) is 39.2 Å². The number of rotatable bonds is 6. The Labute approximate surface area is 131 Å². The molecule has 2 amide bonds. The normalized spacial score (nSPS) is 12.4. The fraction of sp³-hybridized carbons (Fsp3) is 0.562. The number of carbonyl (C=O) groups excluding carboxylic acids is 2. The first kappa shape index (κ1) is 17.9. The lowest BCUT2D eigenvalue weighted by Crippen LogP contribution is -2.47. The number of aryl methyl sites for hydroxylation is 1. The van der Waals surface area contributed by atoms with Crippen molar-refractivity contribution in [3.63, 3.8) is 0 Å². The number of amides is 2. The van der Waals surface area contributed by atoms with Crippen molar-refractivity contribution in [1.29, 1.82) is 0 Å². The summed E-state index contributed by atoms with van der Waals surface area (Å²) in [5.74, 6) is -0.225. The lowest BCUT2D eigenvalue weighted by molar-refractivity contribution is -0.122. The number of nitrogens with zero attached hydrogens (tertiary/aromatic N) is 1. The van der Waals surface area contributed by atoms with Gasteiger partial charge in [0.05, 0.1) is 0 Å². The molecule has 0 bridgehead atoms. The van der Waals surface area contributed by atoms with Crippen LogP contribution < -0.4 is 10.6 Å². The van der Waals surface area contributed by atoms with Crippen molar-refractivity contribution in [1.82, 2.24) is 15.6 Å². The molecule has 0 aliphatic rings. The summed E-state index contributed by atoms with van der Waals surface area (Å²) in [4.78, 5) is 27.7. The average Bonchev–Trinajstić information content (AvgIpc) is 2.44. The van der Waals surface area contributed by atoms with E-state index in [1.807, 2.05) is 12.1 Å². The Bertz CT molecular complexity index is 483. The molecule has 122 valence electrons.